The number of nitro benzene ring substituents is 1. The number of hydrogen-bond acceptors (Lipinski definition) is 5. The molecule has 0 radical (unpaired) electrons. The van der Waals surface area contributed by atoms with Gasteiger partial charge in [0.05, 0.1) is 10.4 Å². The summed E-state index contributed by atoms with van der Waals surface area (Å²) in [6, 6.07) is 2.99. The van der Waals surface area contributed by atoms with Crippen LogP contribution in [-0.2, 0) is 7.05 Å². The number of non-ortho nitro benzene ring substituents is 1. The van der Waals surface area contributed by atoms with Gasteiger partial charge in [-0.3, -0.25) is 10.1 Å². The van der Waals surface area contributed by atoms with Gasteiger partial charge in [0.15, 0.2) is 5.69 Å². The number of hydrogen-bond donors (Lipinski definition) is 2. The fourth-order valence-corrected chi connectivity index (χ4v) is 1.71. The number of amides is 2. The first kappa shape index (κ1) is 12.5. The SMILES string of the molecule is Cn1c(O)c(N=NC(N)=O)c2cc([N+](=O)[O-])ccc21. The Morgan fingerprint density at radius 3 is 2.79 bits per heavy atom. The van der Waals surface area contributed by atoms with E-state index in [9.17, 15) is 20.0 Å². The standard InChI is InChI=1S/C10H9N5O4/c1-14-7-3-2-5(15(18)19)4-6(7)8(9(14)16)12-13-10(11)17/h2-4,16H,1H3,(H2,11,17). The van der Waals surface area contributed by atoms with Crippen LogP contribution in [0.25, 0.3) is 10.9 Å². The Balaban J connectivity index is 2.73. The van der Waals surface area contributed by atoms with E-state index in [-0.39, 0.29) is 17.3 Å². The van der Waals surface area contributed by atoms with Crippen LogP contribution in [0, 0.1) is 10.1 Å². The van der Waals surface area contributed by atoms with Crippen LogP contribution >= 0.6 is 0 Å². The van der Waals surface area contributed by atoms with Gasteiger partial charge in [0.2, 0.25) is 5.88 Å². The summed E-state index contributed by atoms with van der Waals surface area (Å²) in [5.41, 5.74) is 5.14. The molecule has 0 bridgehead atoms. The summed E-state index contributed by atoms with van der Waals surface area (Å²) in [4.78, 5) is 20.7. The number of urea groups is 1. The Labute approximate surface area is 106 Å². The van der Waals surface area contributed by atoms with Crippen LogP contribution in [0.2, 0.25) is 0 Å². The molecule has 19 heavy (non-hydrogen) atoms. The van der Waals surface area contributed by atoms with Crippen LogP contribution in [0.4, 0.5) is 16.2 Å². The van der Waals surface area contributed by atoms with E-state index >= 15 is 0 Å². The molecule has 9 heteroatoms. The molecule has 0 saturated carbocycles. The molecule has 1 aromatic carbocycles. The molecule has 0 aliphatic rings. The number of aryl methyl sites for hydroxylation is 1. The van der Waals surface area contributed by atoms with Crippen molar-refractivity contribution in [3.05, 3.63) is 28.3 Å². The first-order valence-corrected chi connectivity index (χ1v) is 5.08. The van der Waals surface area contributed by atoms with Crippen LogP contribution in [0.15, 0.2) is 28.4 Å². The van der Waals surface area contributed by atoms with E-state index in [0.717, 1.165) is 0 Å². The van der Waals surface area contributed by atoms with Crippen molar-refractivity contribution in [2.75, 3.05) is 0 Å². The topological polar surface area (TPSA) is 136 Å². The van der Waals surface area contributed by atoms with Crippen LogP contribution in [-0.4, -0.2) is 20.6 Å². The van der Waals surface area contributed by atoms with Crippen molar-refractivity contribution in [1.29, 1.82) is 0 Å². The number of aromatic nitrogens is 1. The van der Waals surface area contributed by atoms with Crippen LogP contribution in [0.5, 0.6) is 5.88 Å². The number of primary amides is 1. The van der Waals surface area contributed by atoms with Crippen molar-refractivity contribution >= 4 is 28.3 Å². The monoisotopic (exact) mass is 263 g/mol. The van der Waals surface area contributed by atoms with Crippen molar-refractivity contribution in [3.63, 3.8) is 0 Å². The number of fused-ring (bicyclic) bond motifs is 1. The first-order valence-electron chi connectivity index (χ1n) is 5.08. The minimum Gasteiger partial charge on any atom is -0.493 e. The van der Waals surface area contributed by atoms with Gasteiger partial charge in [0.1, 0.15) is 0 Å². The summed E-state index contributed by atoms with van der Waals surface area (Å²) in [6.45, 7) is 0. The van der Waals surface area contributed by atoms with Gasteiger partial charge in [-0.15, -0.1) is 5.11 Å². The molecule has 0 aliphatic carbocycles. The lowest BCUT2D eigenvalue weighted by molar-refractivity contribution is -0.384. The molecular weight excluding hydrogens is 254 g/mol. The van der Waals surface area contributed by atoms with Crippen LogP contribution in [0.3, 0.4) is 0 Å². The molecular formula is C10H9N5O4. The molecule has 2 amide bonds. The fourth-order valence-electron chi connectivity index (χ4n) is 1.71. The molecule has 9 nitrogen and oxygen atoms in total. The van der Waals surface area contributed by atoms with Crippen molar-refractivity contribution in [2.45, 2.75) is 0 Å². The van der Waals surface area contributed by atoms with Crippen molar-refractivity contribution < 1.29 is 14.8 Å². The van der Waals surface area contributed by atoms with Gasteiger partial charge >= 0.3 is 6.03 Å². The second-order valence-corrected chi connectivity index (χ2v) is 3.73. The number of nitrogens with two attached hydrogens (primary N) is 1. The minimum absolute atomic E-state index is 0.0417. The molecule has 0 spiro atoms. The highest BCUT2D eigenvalue weighted by Gasteiger charge is 2.17. The predicted octanol–water partition coefficient (Wildman–Crippen LogP) is 1.95. The molecule has 3 N–H and O–H groups in total. The van der Waals surface area contributed by atoms with E-state index < -0.39 is 11.0 Å². The number of nitro groups is 1. The first-order chi connectivity index (χ1) is 8.91. The van der Waals surface area contributed by atoms with E-state index in [1.807, 2.05) is 0 Å². The van der Waals surface area contributed by atoms with Gasteiger partial charge in [0.25, 0.3) is 5.69 Å². The second kappa shape index (κ2) is 4.37. The van der Waals surface area contributed by atoms with Gasteiger partial charge < -0.3 is 15.4 Å². The third-order valence-electron chi connectivity index (χ3n) is 2.59. The summed E-state index contributed by atoms with van der Waals surface area (Å²) in [5.74, 6) is -0.263. The van der Waals surface area contributed by atoms with E-state index in [4.69, 9.17) is 5.73 Å². The maximum atomic E-state index is 10.7. The summed E-state index contributed by atoms with van der Waals surface area (Å²) in [6.07, 6.45) is 0. The fraction of sp³-hybridized carbons (Fsp3) is 0.100. The van der Waals surface area contributed by atoms with E-state index in [2.05, 4.69) is 10.2 Å². The zero-order valence-electron chi connectivity index (χ0n) is 9.77. The summed E-state index contributed by atoms with van der Waals surface area (Å²) in [7, 11) is 1.55. The Bertz CT molecular complexity index is 718. The predicted molar refractivity (Wildman–Crippen MR) is 65.3 cm³/mol. The zero-order valence-corrected chi connectivity index (χ0v) is 9.77. The zero-order chi connectivity index (χ0) is 14.2. The molecule has 2 aromatic rings. The van der Waals surface area contributed by atoms with Crippen LogP contribution in [0.1, 0.15) is 0 Å². The van der Waals surface area contributed by atoms with Gasteiger partial charge in [0, 0.05) is 24.6 Å². The Kier molecular flexibility index (Phi) is 2.87. The number of nitrogens with zero attached hydrogens (tertiary/aromatic N) is 4. The van der Waals surface area contributed by atoms with Gasteiger partial charge in [-0.05, 0) is 6.07 Å². The third kappa shape index (κ3) is 2.08. The van der Waals surface area contributed by atoms with Crippen molar-refractivity contribution in [3.8, 4) is 5.88 Å². The smallest absolute Gasteiger partial charge is 0.356 e. The lowest BCUT2D eigenvalue weighted by Crippen LogP contribution is -2.01. The molecule has 0 atom stereocenters. The van der Waals surface area contributed by atoms with Crippen molar-refractivity contribution in [1.82, 2.24) is 4.57 Å². The highest BCUT2D eigenvalue weighted by atomic mass is 16.6. The number of carbonyl (C=O) groups is 1. The number of benzene rings is 1. The van der Waals surface area contributed by atoms with Crippen LogP contribution < -0.4 is 5.73 Å². The van der Waals surface area contributed by atoms with E-state index in [1.165, 1.54) is 22.8 Å². The number of aromatic hydroxyl groups is 1. The lowest BCUT2D eigenvalue weighted by Gasteiger charge is -1.95. The average molecular weight is 263 g/mol. The molecule has 1 heterocycles. The second-order valence-electron chi connectivity index (χ2n) is 3.73. The number of azo groups is 1. The molecule has 0 saturated heterocycles. The normalized spacial score (nSPS) is 11.2. The highest BCUT2D eigenvalue weighted by molar-refractivity contribution is 5.96. The van der Waals surface area contributed by atoms with E-state index in [1.54, 1.807) is 7.05 Å². The van der Waals surface area contributed by atoms with Gasteiger partial charge in [-0.2, -0.15) is 0 Å². The van der Waals surface area contributed by atoms with Gasteiger partial charge in [-0.1, -0.05) is 5.11 Å². The summed E-state index contributed by atoms with van der Waals surface area (Å²) in [5, 5.41) is 27.5. The number of rotatable bonds is 2. The largest absolute Gasteiger partial charge is 0.493 e. The molecule has 0 unspecified atom stereocenters. The summed E-state index contributed by atoms with van der Waals surface area (Å²) < 4.78 is 1.37. The molecule has 2 rings (SSSR count). The third-order valence-corrected chi connectivity index (χ3v) is 2.59. The lowest BCUT2D eigenvalue weighted by atomic mass is 10.2. The van der Waals surface area contributed by atoms with Gasteiger partial charge in [-0.25, -0.2) is 4.79 Å². The minimum atomic E-state index is -1.03. The molecule has 1 aromatic heterocycles. The van der Waals surface area contributed by atoms with Crippen molar-refractivity contribution in [2.24, 2.45) is 23.0 Å². The Hall–Kier alpha value is -2.97. The molecule has 98 valence electrons. The maximum absolute atomic E-state index is 10.7. The highest BCUT2D eigenvalue weighted by Crippen LogP contribution is 2.39. The summed E-state index contributed by atoms with van der Waals surface area (Å²) >= 11 is 0. The van der Waals surface area contributed by atoms with E-state index in [0.29, 0.717) is 10.9 Å². The molecule has 0 aliphatic heterocycles. The Morgan fingerprint density at radius 1 is 1.53 bits per heavy atom. The Morgan fingerprint density at radius 2 is 2.21 bits per heavy atom. The maximum Gasteiger partial charge on any atom is 0.356 e. The number of carbonyl (C=O) groups excluding carboxylic acids is 1. The quantitative estimate of drug-likeness (QED) is 0.486. The average Bonchev–Trinajstić information content (AvgIpc) is 2.59. The molecule has 0 fully saturated rings.